The van der Waals surface area contributed by atoms with E-state index in [2.05, 4.69) is 0 Å². The normalized spacial score (nSPS) is 29.7. The largest absolute Gasteiger partial charge is 0.490 e. The van der Waals surface area contributed by atoms with Gasteiger partial charge in [0.2, 0.25) is 10.0 Å². The minimum absolute atomic E-state index is 0.206. The first-order valence-corrected chi connectivity index (χ1v) is 14.8. The van der Waals surface area contributed by atoms with Crippen molar-refractivity contribution in [2.45, 2.75) is 55.7 Å². The number of carboxylic acids is 1. The molecule has 2 aromatic carbocycles. The van der Waals surface area contributed by atoms with Crippen molar-refractivity contribution in [2.75, 3.05) is 32.0 Å². The molecular weight excluding hydrogens is 623 g/mol. The maximum Gasteiger partial charge on any atom is 0.490 e. The number of fused-ring (bicyclic) bond motifs is 1. The molecule has 6 N–H and O–H groups in total. The Morgan fingerprint density at radius 3 is 2.33 bits per heavy atom. The average Bonchev–Trinajstić information content (AvgIpc) is 3.38. The molecule has 0 saturated carbocycles. The molecule has 1 amide bonds. The SMILES string of the molecule is O=C(O)C(F)(F)F.[2H]C1O[C@@]2([2H])OCC[C@@]2([2H])[C@H]1[C@@](Cc1ccccc1)(OC(N)=O)[C@]([2H])(O)C([2H])([2H])N(CC(C)C)S(=O)(=O)c1ccc(N)cc1. The smallest absolute Gasteiger partial charge is 0.475 e. The second-order valence-electron chi connectivity index (χ2n) is 10.4. The van der Waals surface area contributed by atoms with Crippen LogP contribution < -0.4 is 11.5 Å². The number of aliphatic hydroxyl groups is 1. The van der Waals surface area contributed by atoms with Gasteiger partial charge in [0, 0.05) is 41.1 Å². The van der Waals surface area contributed by atoms with Crippen molar-refractivity contribution < 1.29 is 63.8 Å². The maximum atomic E-state index is 14.0. The molecule has 12 nitrogen and oxygen atoms in total. The molecule has 1 unspecified atom stereocenters. The molecule has 250 valence electrons. The summed E-state index contributed by atoms with van der Waals surface area (Å²) < 4.78 is 131. The van der Waals surface area contributed by atoms with Crippen LogP contribution in [0, 0.1) is 17.7 Å². The van der Waals surface area contributed by atoms with Crippen molar-refractivity contribution in [3.05, 3.63) is 60.2 Å². The van der Waals surface area contributed by atoms with E-state index < -0.39 is 94.9 Å². The number of hydrogen-bond donors (Lipinski definition) is 4. The molecule has 0 aromatic heterocycles. The summed E-state index contributed by atoms with van der Waals surface area (Å²) in [6.45, 7) is -3.19. The fourth-order valence-electron chi connectivity index (χ4n) is 4.53. The molecule has 4 rings (SSSR count). The Morgan fingerprint density at radius 2 is 1.80 bits per heavy atom. The van der Waals surface area contributed by atoms with Gasteiger partial charge in [0.25, 0.3) is 0 Å². The Balaban J connectivity index is 0.000000908. The van der Waals surface area contributed by atoms with E-state index in [-0.39, 0.29) is 28.6 Å². The number of carboxylic acid groups (broad SMARTS) is 1. The quantitative estimate of drug-likeness (QED) is 0.259. The number of anilines is 1. The summed E-state index contributed by atoms with van der Waals surface area (Å²) in [5.41, 5.74) is 8.71. The van der Waals surface area contributed by atoms with E-state index in [1.165, 1.54) is 24.3 Å². The number of ether oxygens (including phenoxy) is 3. The van der Waals surface area contributed by atoms with Crippen molar-refractivity contribution >= 4 is 27.8 Å². The van der Waals surface area contributed by atoms with Gasteiger partial charge in [-0.05, 0) is 42.2 Å². The minimum Gasteiger partial charge on any atom is -0.475 e. The van der Waals surface area contributed by atoms with Crippen LogP contribution in [-0.2, 0) is 35.4 Å². The maximum absolute atomic E-state index is 14.0. The lowest BCUT2D eigenvalue weighted by molar-refractivity contribution is -0.192. The number of carbonyl (C=O) groups is 2. The number of primary amides is 1. The van der Waals surface area contributed by atoms with E-state index in [0.29, 0.717) is 0 Å². The molecule has 16 heteroatoms. The molecule has 45 heavy (non-hydrogen) atoms. The molecule has 0 spiro atoms. The first-order valence-electron chi connectivity index (χ1n) is 16.4. The zero-order valence-electron chi connectivity index (χ0n) is 30.2. The lowest BCUT2D eigenvalue weighted by atomic mass is 9.72. The molecule has 0 bridgehead atoms. The lowest BCUT2D eigenvalue weighted by Crippen LogP contribution is -2.60. The molecule has 0 aliphatic carbocycles. The predicted molar refractivity (Wildman–Crippen MR) is 155 cm³/mol. The second kappa shape index (κ2) is 14.8. The molecule has 2 fully saturated rings. The van der Waals surface area contributed by atoms with Gasteiger partial charge in [-0.2, -0.15) is 17.5 Å². The zero-order valence-corrected chi connectivity index (χ0v) is 25.0. The molecule has 2 aliphatic rings. The molecule has 2 aliphatic heterocycles. The molecule has 2 heterocycles. The average molecular weight is 668 g/mol. The van der Waals surface area contributed by atoms with Gasteiger partial charge < -0.3 is 35.9 Å². The number of aliphatic carboxylic acids is 1. The Bertz CT molecular complexity index is 1680. The number of nitrogens with zero attached hydrogens (tertiary/aromatic N) is 1. The summed E-state index contributed by atoms with van der Waals surface area (Å²) in [5.74, 6) is -7.55. The van der Waals surface area contributed by atoms with Crippen LogP contribution in [0.4, 0.5) is 23.7 Å². The monoisotopic (exact) mass is 667 g/mol. The van der Waals surface area contributed by atoms with E-state index in [9.17, 15) is 37.0 Å². The number of benzene rings is 2. The molecular formula is C29H38F3N3O9S. The summed E-state index contributed by atoms with van der Waals surface area (Å²) in [5, 5.41) is 19.4. The number of alkyl halides is 3. The zero-order chi connectivity index (χ0) is 39.0. The Labute approximate surface area is 267 Å². The third kappa shape index (κ3) is 9.07. The van der Waals surface area contributed by atoms with Crippen LogP contribution in [0.3, 0.4) is 0 Å². The van der Waals surface area contributed by atoms with Crippen molar-refractivity contribution in [3.63, 3.8) is 0 Å². The third-order valence-corrected chi connectivity index (χ3v) is 8.21. The van der Waals surface area contributed by atoms with Crippen LogP contribution in [0.5, 0.6) is 0 Å². The summed E-state index contributed by atoms with van der Waals surface area (Å²) >= 11 is 0. The number of nitrogen functional groups attached to an aromatic ring is 1. The molecule has 0 radical (unpaired) electrons. The summed E-state index contributed by atoms with van der Waals surface area (Å²) in [4.78, 5) is 21.1. The fourth-order valence-corrected chi connectivity index (χ4v) is 5.96. The molecule has 2 aromatic rings. The number of amides is 1. The van der Waals surface area contributed by atoms with Crippen LogP contribution in [0.25, 0.3) is 0 Å². The number of rotatable bonds is 11. The highest BCUT2D eigenvalue weighted by atomic mass is 32.2. The molecule has 2 saturated heterocycles. The third-order valence-electron chi connectivity index (χ3n) is 6.52. The topological polar surface area (TPSA) is 192 Å². The van der Waals surface area contributed by atoms with Crippen molar-refractivity contribution in [1.29, 1.82) is 0 Å². The predicted octanol–water partition coefficient (Wildman–Crippen LogP) is 3.00. The second-order valence-corrected chi connectivity index (χ2v) is 12.2. The van der Waals surface area contributed by atoms with Crippen LogP contribution in [0.1, 0.15) is 34.1 Å². The Morgan fingerprint density at radius 1 is 1.20 bits per heavy atom. The summed E-state index contributed by atoms with van der Waals surface area (Å²) in [6.07, 6.45) is -14.0. The number of nitrogens with two attached hydrogens (primary N) is 2. The van der Waals surface area contributed by atoms with Gasteiger partial charge in [-0.15, -0.1) is 0 Å². The van der Waals surface area contributed by atoms with Crippen molar-refractivity contribution in [2.24, 2.45) is 23.5 Å². The first kappa shape index (κ1) is 27.8. The minimum atomic E-state index is -5.08. The highest BCUT2D eigenvalue weighted by Gasteiger charge is 2.58. The number of carbonyl (C=O) groups excluding carboxylic acids is 1. The van der Waals surface area contributed by atoms with E-state index in [4.69, 9.17) is 38.3 Å². The summed E-state index contributed by atoms with van der Waals surface area (Å²) in [6, 6.07) is 12.7. The number of sulfonamides is 1. The van der Waals surface area contributed by atoms with Gasteiger partial charge in [0.1, 0.15) is 6.08 Å². The van der Waals surface area contributed by atoms with Gasteiger partial charge in [-0.3, -0.25) is 0 Å². The van der Waals surface area contributed by atoms with E-state index in [0.717, 1.165) is 12.1 Å². The van der Waals surface area contributed by atoms with E-state index in [1.807, 2.05) is 0 Å². The van der Waals surface area contributed by atoms with E-state index >= 15 is 0 Å². The Kier molecular flexibility index (Phi) is 9.14. The van der Waals surface area contributed by atoms with Crippen molar-refractivity contribution in [1.82, 2.24) is 4.31 Å². The highest BCUT2D eigenvalue weighted by molar-refractivity contribution is 7.89. The standard InChI is InChI=1S/C27H37N3O7S.C2HF3O2/c1-18(2)15-30(38(33,34)21-10-8-20(28)9-11-21)16-24(31)27(37-26(29)32,14-19-6-4-3-5-7-19)23-17-36-25-22(23)12-13-35-25;3-2(4,5)1(6)7/h3-11,18,22-25,31H,12-17,28H2,1-2H3,(H2,29,32);(H,6,7)/t22-,23-,24+,25+,27+;/m0./s1/i16D2,17D,22D,24D,25D;/t17?,22-,23-,24+,25+,27+;. The van der Waals surface area contributed by atoms with Crippen molar-refractivity contribution in [3.8, 4) is 0 Å². The van der Waals surface area contributed by atoms with Gasteiger partial charge in [-0.1, -0.05) is 44.2 Å². The van der Waals surface area contributed by atoms with Crippen LogP contribution in [0.2, 0.25) is 0 Å². The van der Waals surface area contributed by atoms with Gasteiger partial charge in [0.05, 0.1) is 22.2 Å². The van der Waals surface area contributed by atoms with E-state index in [1.54, 1.807) is 32.0 Å². The summed E-state index contributed by atoms with van der Waals surface area (Å²) in [7, 11) is -4.83. The van der Waals surface area contributed by atoms with Gasteiger partial charge in [0.15, 0.2) is 11.9 Å². The fraction of sp³-hybridized carbons (Fsp3) is 0.517. The lowest BCUT2D eigenvalue weighted by Gasteiger charge is -2.44. The Hall–Kier alpha value is -3.44. The number of halogens is 3. The van der Waals surface area contributed by atoms with Gasteiger partial charge >= 0.3 is 18.2 Å². The number of hydrogen-bond acceptors (Lipinski definition) is 9. The first-order chi connectivity index (χ1) is 23.2. The van der Waals surface area contributed by atoms with Crippen LogP contribution in [0.15, 0.2) is 59.5 Å². The van der Waals surface area contributed by atoms with Gasteiger partial charge in [-0.25, -0.2) is 18.0 Å². The van der Waals surface area contributed by atoms with Crippen LogP contribution >= 0.6 is 0 Å². The highest BCUT2D eigenvalue weighted by Crippen LogP contribution is 2.46. The molecule has 6 atom stereocenters. The van der Waals surface area contributed by atoms with Crippen LogP contribution in [-0.4, -0.2) is 85.4 Å².